The van der Waals surface area contributed by atoms with E-state index in [2.05, 4.69) is 47.7 Å². The monoisotopic (exact) mass is 683 g/mol. The van der Waals surface area contributed by atoms with Crippen LogP contribution < -0.4 is 20.2 Å². The molecule has 0 heterocycles. The van der Waals surface area contributed by atoms with Crippen molar-refractivity contribution >= 4 is 73.1 Å². The van der Waals surface area contributed by atoms with Gasteiger partial charge >= 0.3 is 5.97 Å². The number of nitrogens with zero attached hydrogens (tertiary/aromatic N) is 1. The van der Waals surface area contributed by atoms with E-state index in [0.717, 1.165) is 8.95 Å². The van der Waals surface area contributed by atoms with Gasteiger partial charge in [-0.05, 0) is 78.9 Å². The predicted octanol–water partition coefficient (Wildman–Crippen LogP) is 7.11. The number of rotatable bonds is 8. The molecule has 4 aromatic carbocycles. The molecule has 0 aliphatic heterocycles. The highest BCUT2D eigenvalue weighted by atomic mass is 79.9. The number of carbonyl (C=O) groups excluding carboxylic acids is 3. The van der Waals surface area contributed by atoms with Crippen molar-refractivity contribution in [1.82, 2.24) is 5.43 Å². The highest BCUT2D eigenvalue weighted by Crippen LogP contribution is 2.25. The average Bonchev–Trinajstić information content (AvgIpc) is 2.94. The van der Waals surface area contributed by atoms with E-state index in [9.17, 15) is 14.4 Å². The number of halogens is 3. The molecule has 0 aliphatic rings. The van der Waals surface area contributed by atoms with Gasteiger partial charge in [0.1, 0.15) is 11.5 Å². The maximum Gasteiger partial charge on any atom is 0.343 e. The number of benzene rings is 4. The van der Waals surface area contributed by atoms with Crippen LogP contribution >= 0.6 is 43.5 Å². The van der Waals surface area contributed by atoms with E-state index in [0.29, 0.717) is 27.6 Å². The van der Waals surface area contributed by atoms with E-state index in [4.69, 9.17) is 21.1 Å². The molecule has 202 valence electrons. The lowest BCUT2D eigenvalue weighted by Crippen LogP contribution is -2.18. The molecule has 0 fully saturated rings. The van der Waals surface area contributed by atoms with Gasteiger partial charge in [0, 0.05) is 30.8 Å². The summed E-state index contributed by atoms with van der Waals surface area (Å²) in [6.07, 6.45) is 1.36. The number of methoxy groups -OCH3 is 1. The lowest BCUT2D eigenvalue weighted by Gasteiger charge is -2.10. The van der Waals surface area contributed by atoms with Crippen molar-refractivity contribution in [2.24, 2.45) is 5.10 Å². The van der Waals surface area contributed by atoms with Crippen LogP contribution in [0.1, 0.15) is 36.6 Å². The summed E-state index contributed by atoms with van der Waals surface area (Å²) in [4.78, 5) is 38.1. The molecule has 0 unspecified atom stereocenters. The van der Waals surface area contributed by atoms with Gasteiger partial charge in [0.2, 0.25) is 0 Å². The van der Waals surface area contributed by atoms with Gasteiger partial charge in [0.05, 0.1) is 24.5 Å². The van der Waals surface area contributed by atoms with Crippen molar-refractivity contribution in [2.45, 2.75) is 0 Å². The molecule has 0 aromatic heterocycles. The minimum Gasteiger partial charge on any atom is -0.496 e. The largest absolute Gasteiger partial charge is 0.496 e. The minimum atomic E-state index is -0.539. The summed E-state index contributed by atoms with van der Waals surface area (Å²) in [7, 11) is 1.45. The normalized spacial score (nSPS) is 10.7. The van der Waals surface area contributed by atoms with Crippen molar-refractivity contribution in [3.05, 3.63) is 121 Å². The molecule has 11 heteroatoms. The Labute approximate surface area is 251 Å². The van der Waals surface area contributed by atoms with Gasteiger partial charge in [0.25, 0.3) is 11.8 Å². The zero-order chi connectivity index (χ0) is 28.6. The third kappa shape index (κ3) is 7.56. The molecule has 8 nitrogen and oxygen atoms in total. The predicted molar refractivity (Wildman–Crippen MR) is 161 cm³/mol. The van der Waals surface area contributed by atoms with Gasteiger partial charge in [0.15, 0.2) is 0 Å². The fourth-order valence-electron chi connectivity index (χ4n) is 3.48. The number of hydrogen-bond donors (Lipinski definition) is 2. The number of ether oxygens (including phenoxy) is 2. The topological polar surface area (TPSA) is 106 Å². The third-order valence-electron chi connectivity index (χ3n) is 5.41. The van der Waals surface area contributed by atoms with Crippen LogP contribution in [0, 0.1) is 0 Å². The summed E-state index contributed by atoms with van der Waals surface area (Å²) >= 11 is 12.7. The molecule has 4 aromatic rings. The second kappa shape index (κ2) is 13.4. The molecule has 0 saturated carbocycles. The van der Waals surface area contributed by atoms with Crippen LogP contribution in [-0.4, -0.2) is 31.1 Å². The molecular formula is C29H20Br2ClN3O5. The Hall–Kier alpha value is -3.99. The number of hydrazone groups is 1. The smallest absolute Gasteiger partial charge is 0.343 e. The van der Waals surface area contributed by atoms with Crippen molar-refractivity contribution in [3.8, 4) is 11.5 Å². The molecule has 0 atom stereocenters. The van der Waals surface area contributed by atoms with Gasteiger partial charge in [-0.25, -0.2) is 10.2 Å². The Morgan fingerprint density at radius 3 is 2.30 bits per heavy atom. The number of nitrogens with one attached hydrogen (secondary N) is 2. The lowest BCUT2D eigenvalue weighted by molar-refractivity contribution is 0.0733. The third-order valence-corrected chi connectivity index (χ3v) is 6.67. The van der Waals surface area contributed by atoms with Crippen molar-refractivity contribution in [1.29, 1.82) is 0 Å². The summed E-state index contributed by atoms with van der Waals surface area (Å²) in [5, 5.41) is 7.14. The Bertz CT molecular complexity index is 1610. The van der Waals surface area contributed by atoms with Crippen LogP contribution in [-0.2, 0) is 0 Å². The summed E-state index contributed by atoms with van der Waals surface area (Å²) in [5.74, 6) is -0.886. The molecule has 4 rings (SSSR count). The maximum absolute atomic E-state index is 12.8. The summed E-state index contributed by atoms with van der Waals surface area (Å²) in [6.45, 7) is 0. The lowest BCUT2D eigenvalue weighted by atomic mass is 10.1. The zero-order valence-corrected chi connectivity index (χ0v) is 24.7. The SMILES string of the molecule is COc1ccc(Cl)cc1C(=O)Nc1cccc(C(=O)NN=Cc2cc(Br)ccc2OC(=O)c2ccc(Br)cc2)c1. The van der Waals surface area contributed by atoms with E-state index in [-0.39, 0.29) is 16.9 Å². The fraction of sp³-hybridized carbons (Fsp3) is 0.0345. The van der Waals surface area contributed by atoms with Crippen molar-refractivity contribution in [3.63, 3.8) is 0 Å². The number of hydrogen-bond acceptors (Lipinski definition) is 6. The van der Waals surface area contributed by atoms with Crippen molar-refractivity contribution in [2.75, 3.05) is 12.4 Å². The molecule has 0 aliphatic carbocycles. The summed E-state index contributed by atoms with van der Waals surface area (Å²) < 4.78 is 12.3. The van der Waals surface area contributed by atoms with E-state index < -0.39 is 17.8 Å². The first-order valence-electron chi connectivity index (χ1n) is 11.6. The first kappa shape index (κ1) is 29.0. The van der Waals surface area contributed by atoms with Gasteiger partial charge in [-0.3, -0.25) is 9.59 Å². The van der Waals surface area contributed by atoms with Crippen LogP contribution in [0.4, 0.5) is 5.69 Å². The highest BCUT2D eigenvalue weighted by molar-refractivity contribution is 9.10. The molecule has 2 N–H and O–H groups in total. The quantitative estimate of drug-likeness (QED) is 0.0891. The Morgan fingerprint density at radius 2 is 1.55 bits per heavy atom. The fourth-order valence-corrected chi connectivity index (χ4v) is 4.29. The number of esters is 1. The van der Waals surface area contributed by atoms with Gasteiger partial charge in [-0.2, -0.15) is 5.10 Å². The van der Waals surface area contributed by atoms with Crippen LogP contribution in [0.25, 0.3) is 0 Å². The number of amides is 2. The first-order chi connectivity index (χ1) is 19.2. The number of anilines is 1. The summed E-state index contributed by atoms with van der Waals surface area (Å²) in [5.41, 5.74) is 4.17. The van der Waals surface area contributed by atoms with E-state index in [1.807, 2.05) is 0 Å². The van der Waals surface area contributed by atoms with Crippen LogP contribution in [0.3, 0.4) is 0 Å². The Kier molecular flexibility index (Phi) is 9.70. The highest BCUT2D eigenvalue weighted by Gasteiger charge is 2.15. The molecule has 0 radical (unpaired) electrons. The van der Waals surface area contributed by atoms with Crippen molar-refractivity contribution < 1.29 is 23.9 Å². The molecule has 0 spiro atoms. The van der Waals surface area contributed by atoms with E-state index in [1.165, 1.54) is 25.5 Å². The second-order valence-electron chi connectivity index (χ2n) is 8.16. The van der Waals surface area contributed by atoms with Crippen LogP contribution in [0.5, 0.6) is 11.5 Å². The second-order valence-corrected chi connectivity index (χ2v) is 10.4. The molecule has 0 bridgehead atoms. The molecule has 0 saturated heterocycles. The van der Waals surface area contributed by atoms with Crippen LogP contribution in [0.2, 0.25) is 5.02 Å². The average molecular weight is 686 g/mol. The summed E-state index contributed by atoms with van der Waals surface area (Å²) in [6, 6.07) is 22.8. The first-order valence-corrected chi connectivity index (χ1v) is 13.6. The minimum absolute atomic E-state index is 0.250. The van der Waals surface area contributed by atoms with Gasteiger partial charge < -0.3 is 14.8 Å². The Morgan fingerprint density at radius 1 is 0.825 bits per heavy atom. The van der Waals surface area contributed by atoms with Crippen LogP contribution in [0.15, 0.2) is 99.0 Å². The molecular weight excluding hydrogens is 666 g/mol. The van der Waals surface area contributed by atoms with E-state index in [1.54, 1.807) is 72.8 Å². The Balaban J connectivity index is 1.44. The number of carbonyl (C=O) groups is 3. The van der Waals surface area contributed by atoms with Gasteiger partial charge in [-0.15, -0.1) is 0 Å². The molecule has 40 heavy (non-hydrogen) atoms. The standard InChI is InChI=1S/C29H20Br2ClN3O5/c1-39-26-12-10-22(32)15-24(26)28(37)34-23-4-2-3-18(14-23)27(36)35-33-16-19-13-21(31)9-11-25(19)40-29(38)17-5-7-20(30)8-6-17/h2-16H,1H3,(H,34,37)(H,35,36). The maximum atomic E-state index is 12.8. The van der Waals surface area contributed by atoms with Gasteiger partial charge in [-0.1, -0.05) is 49.5 Å². The zero-order valence-electron chi connectivity index (χ0n) is 20.8. The van der Waals surface area contributed by atoms with E-state index >= 15 is 0 Å². The molecule has 2 amide bonds.